The third-order valence-electron chi connectivity index (χ3n) is 2.24. The lowest BCUT2D eigenvalue weighted by Crippen LogP contribution is -2.23. The highest BCUT2D eigenvalue weighted by molar-refractivity contribution is 7.12. The van der Waals surface area contributed by atoms with Gasteiger partial charge in [-0.2, -0.15) is 0 Å². The van der Waals surface area contributed by atoms with Crippen LogP contribution in [0.1, 0.15) is 16.6 Å². The van der Waals surface area contributed by atoms with Gasteiger partial charge in [0.1, 0.15) is 5.75 Å². The highest BCUT2D eigenvalue weighted by Gasteiger charge is 2.17. The molecule has 1 aromatic carbocycles. The van der Waals surface area contributed by atoms with Crippen LogP contribution >= 0.6 is 22.9 Å². The average Bonchev–Trinajstić information content (AvgIpc) is 2.81. The maximum absolute atomic E-state index is 11.9. The zero-order chi connectivity index (χ0) is 12.3. The number of hydrogen-bond donors (Lipinski definition) is 0. The summed E-state index contributed by atoms with van der Waals surface area (Å²) in [7, 11) is 0. The van der Waals surface area contributed by atoms with E-state index in [2.05, 4.69) is 0 Å². The summed E-state index contributed by atoms with van der Waals surface area (Å²) in [6, 6.07) is 10.7. The molecule has 4 heteroatoms. The van der Waals surface area contributed by atoms with Crippen molar-refractivity contribution in [1.82, 2.24) is 0 Å². The Kier molecular flexibility index (Phi) is 3.82. The molecule has 1 unspecified atom stereocenters. The first-order chi connectivity index (χ1) is 8.16. The minimum atomic E-state index is -0.507. The summed E-state index contributed by atoms with van der Waals surface area (Å²) in [6.07, 6.45) is -0.507. The molecule has 0 amide bonds. The number of carbonyl (C=O) groups is 1. The maximum atomic E-state index is 11.9. The summed E-state index contributed by atoms with van der Waals surface area (Å²) in [4.78, 5) is 12.7. The fourth-order valence-corrected chi connectivity index (χ4v) is 2.34. The molecule has 1 atom stereocenters. The SMILES string of the molecule is CC(Oc1cccc(Cl)c1)C(=O)c1cccs1. The second kappa shape index (κ2) is 5.34. The first-order valence-electron chi connectivity index (χ1n) is 5.17. The predicted octanol–water partition coefficient (Wildman–Crippen LogP) is 4.05. The molecule has 0 radical (unpaired) electrons. The van der Waals surface area contributed by atoms with E-state index in [-0.39, 0.29) is 5.78 Å². The van der Waals surface area contributed by atoms with Crippen molar-refractivity contribution in [2.45, 2.75) is 13.0 Å². The van der Waals surface area contributed by atoms with Gasteiger partial charge in [-0.25, -0.2) is 0 Å². The Morgan fingerprint density at radius 1 is 1.35 bits per heavy atom. The summed E-state index contributed by atoms with van der Waals surface area (Å²) in [5.41, 5.74) is 0. The Morgan fingerprint density at radius 3 is 2.82 bits per heavy atom. The number of ketones is 1. The van der Waals surface area contributed by atoms with Gasteiger partial charge in [0.15, 0.2) is 6.10 Å². The molecule has 2 rings (SSSR count). The maximum Gasteiger partial charge on any atom is 0.212 e. The number of rotatable bonds is 4. The molecule has 0 bridgehead atoms. The van der Waals surface area contributed by atoms with E-state index in [0.29, 0.717) is 15.6 Å². The van der Waals surface area contributed by atoms with Crippen LogP contribution in [0.5, 0.6) is 5.75 Å². The van der Waals surface area contributed by atoms with Gasteiger partial charge in [-0.05, 0) is 36.6 Å². The molecule has 0 saturated heterocycles. The van der Waals surface area contributed by atoms with Gasteiger partial charge >= 0.3 is 0 Å². The topological polar surface area (TPSA) is 26.3 Å². The second-order valence-corrected chi connectivity index (χ2v) is 4.94. The fraction of sp³-hybridized carbons (Fsp3) is 0.154. The second-order valence-electron chi connectivity index (χ2n) is 3.56. The van der Waals surface area contributed by atoms with Crippen LogP contribution in [0.2, 0.25) is 5.02 Å². The largest absolute Gasteiger partial charge is 0.482 e. The van der Waals surface area contributed by atoms with Crippen molar-refractivity contribution in [3.8, 4) is 5.75 Å². The fourth-order valence-electron chi connectivity index (χ4n) is 1.42. The molecule has 0 aliphatic rings. The van der Waals surface area contributed by atoms with E-state index < -0.39 is 6.10 Å². The van der Waals surface area contributed by atoms with Crippen molar-refractivity contribution < 1.29 is 9.53 Å². The van der Waals surface area contributed by atoms with Crippen LogP contribution in [-0.4, -0.2) is 11.9 Å². The van der Waals surface area contributed by atoms with Crippen LogP contribution in [-0.2, 0) is 0 Å². The van der Waals surface area contributed by atoms with Gasteiger partial charge in [0.25, 0.3) is 0 Å². The zero-order valence-electron chi connectivity index (χ0n) is 9.22. The van der Waals surface area contributed by atoms with Crippen molar-refractivity contribution >= 4 is 28.7 Å². The summed E-state index contributed by atoms with van der Waals surface area (Å²) < 4.78 is 5.55. The third-order valence-corrected chi connectivity index (χ3v) is 3.36. The quantitative estimate of drug-likeness (QED) is 0.781. The minimum absolute atomic E-state index is 0.0139. The van der Waals surface area contributed by atoms with Crippen LogP contribution in [0.3, 0.4) is 0 Å². The summed E-state index contributed by atoms with van der Waals surface area (Å²) in [5.74, 6) is 0.592. The molecule has 1 heterocycles. The minimum Gasteiger partial charge on any atom is -0.482 e. The molecule has 0 fully saturated rings. The lowest BCUT2D eigenvalue weighted by atomic mass is 10.2. The number of carbonyl (C=O) groups excluding carboxylic acids is 1. The molecular formula is C13H11ClO2S. The number of hydrogen-bond acceptors (Lipinski definition) is 3. The van der Waals surface area contributed by atoms with Gasteiger partial charge < -0.3 is 4.74 Å². The van der Waals surface area contributed by atoms with E-state index in [1.54, 1.807) is 37.3 Å². The molecule has 0 spiro atoms. The number of thiophene rings is 1. The number of halogens is 1. The molecule has 0 saturated carbocycles. The Balaban J connectivity index is 2.07. The lowest BCUT2D eigenvalue weighted by Gasteiger charge is -2.12. The van der Waals surface area contributed by atoms with E-state index in [4.69, 9.17) is 16.3 Å². The van der Waals surface area contributed by atoms with Crippen LogP contribution in [0.15, 0.2) is 41.8 Å². The van der Waals surface area contributed by atoms with Gasteiger partial charge in [-0.3, -0.25) is 4.79 Å². The number of benzene rings is 1. The monoisotopic (exact) mass is 266 g/mol. The van der Waals surface area contributed by atoms with Gasteiger partial charge in [0.05, 0.1) is 4.88 Å². The lowest BCUT2D eigenvalue weighted by molar-refractivity contribution is 0.0822. The summed E-state index contributed by atoms with van der Waals surface area (Å²) in [5, 5.41) is 2.47. The van der Waals surface area contributed by atoms with Crippen molar-refractivity contribution in [3.05, 3.63) is 51.7 Å². The number of ether oxygens (including phenoxy) is 1. The van der Waals surface area contributed by atoms with Crippen molar-refractivity contribution in [2.24, 2.45) is 0 Å². The highest BCUT2D eigenvalue weighted by Crippen LogP contribution is 2.20. The van der Waals surface area contributed by atoms with Crippen LogP contribution < -0.4 is 4.74 Å². The molecule has 1 aromatic heterocycles. The summed E-state index contributed by atoms with van der Waals surface area (Å²) in [6.45, 7) is 1.74. The normalized spacial score (nSPS) is 12.1. The molecule has 0 aliphatic heterocycles. The van der Waals surface area contributed by atoms with E-state index in [9.17, 15) is 4.79 Å². The first-order valence-corrected chi connectivity index (χ1v) is 6.42. The van der Waals surface area contributed by atoms with Crippen LogP contribution in [0.25, 0.3) is 0 Å². The predicted molar refractivity (Wildman–Crippen MR) is 70.2 cm³/mol. The molecule has 88 valence electrons. The Hall–Kier alpha value is -1.32. The van der Waals surface area contributed by atoms with Crippen molar-refractivity contribution in [2.75, 3.05) is 0 Å². The Morgan fingerprint density at radius 2 is 2.18 bits per heavy atom. The standard InChI is InChI=1S/C13H11ClO2S/c1-9(13(15)12-6-3-7-17-12)16-11-5-2-4-10(14)8-11/h2-9H,1H3. The average molecular weight is 267 g/mol. The van der Waals surface area contributed by atoms with Crippen molar-refractivity contribution in [3.63, 3.8) is 0 Å². The van der Waals surface area contributed by atoms with Crippen LogP contribution in [0.4, 0.5) is 0 Å². The number of Topliss-reactive ketones (excluding diaryl/α,β-unsaturated/α-hetero) is 1. The smallest absolute Gasteiger partial charge is 0.212 e. The molecule has 17 heavy (non-hydrogen) atoms. The van der Waals surface area contributed by atoms with E-state index in [0.717, 1.165) is 0 Å². The molecule has 0 aliphatic carbocycles. The van der Waals surface area contributed by atoms with Crippen LogP contribution in [0, 0.1) is 0 Å². The molecule has 2 nitrogen and oxygen atoms in total. The Labute approximate surface area is 109 Å². The van der Waals surface area contributed by atoms with Gasteiger partial charge in [0.2, 0.25) is 5.78 Å². The summed E-state index contributed by atoms with van der Waals surface area (Å²) >= 11 is 7.26. The first kappa shape index (κ1) is 12.1. The van der Waals surface area contributed by atoms with E-state index >= 15 is 0 Å². The molecule has 0 N–H and O–H groups in total. The molecular weight excluding hydrogens is 256 g/mol. The Bertz CT molecular complexity index is 508. The molecule has 2 aromatic rings. The van der Waals surface area contributed by atoms with Crippen molar-refractivity contribution in [1.29, 1.82) is 0 Å². The van der Waals surface area contributed by atoms with E-state index in [1.807, 2.05) is 11.4 Å². The van der Waals surface area contributed by atoms with Gasteiger partial charge in [0, 0.05) is 5.02 Å². The zero-order valence-corrected chi connectivity index (χ0v) is 10.8. The van der Waals surface area contributed by atoms with Gasteiger partial charge in [-0.15, -0.1) is 11.3 Å². The van der Waals surface area contributed by atoms with E-state index in [1.165, 1.54) is 11.3 Å². The third kappa shape index (κ3) is 3.08. The van der Waals surface area contributed by atoms with Gasteiger partial charge in [-0.1, -0.05) is 23.7 Å². The highest BCUT2D eigenvalue weighted by atomic mass is 35.5.